The molecule has 0 aliphatic rings. The summed E-state index contributed by atoms with van der Waals surface area (Å²) in [6.45, 7) is 0. The van der Waals surface area contributed by atoms with E-state index >= 15 is 0 Å². The molecule has 14 heavy (non-hydrogen) atoms. The summed E-state index contributed by atoms with van der Waals surface area (Å²) >= 11 is 7.49. The molecule has 0 atom stereocenters. The molecule has 0 saturated heterocycles. The molecule has 0 fully saturated rings. The number of benzene rings is 1. The van der Waals surface area contributed by atoms with Crippen molar-refractivity contribution in [1.82, 2.24) is 0 Å². The Morgan fingerprint density at radius 3 is 2.86 bits per heavy atom. The van der Waals surface area contributed by atoms with Gasteiger partial charge in [-0.2, -0.15) is 0 Å². The average Bonchev–Trinajstić information content (AvgIpc) is 2.19. The smallest absolute Gasteiger partial charge is 0.310 e. The molecule has 0 amide bonds. The first kappa shape index (κ1) is 11.7. The molecule has 0 N–H and O–H groups in total. The summed E-state index contributed by atoms with van der Waals surface area (Å²) in [5.74, 6) is -0.925. The Morgan fingerprint density at radius 2 is 2.29 bits per heavy atom. The van der Waals surface area contributed by atoms with E-state index in [1.165, 1.54) is 13.2 Å². The van der Waals surface area contributed by atoms with Crippen molar-refractivity contribution in [2.75, 3.05) is 7.11 Å². The van der Waals surface area contributed by atoms with E-state index in [2.05, 4.69) is 4.74 Å². The minimum Gasteiger partial charge on any atom is -0.469 e. The Kier molecular flexibility index (Phi) is 4.12. The second kappa shape index (κ2) is 4.93. The Hall–Kier alpha value is -0.360. The van der Waals surface area contributed by atoms with Gasteiger partial charge in [0.2, 0.25) is 0 Å². The fourth-order valence-electron chi connectivity index (χ4n) is 0.930. The fourth-order valence-corrected chi connectivity index (χ4v) is 1.60. The van der Waals surface area contributed by atoms with Crippen molar-refractivity contribution >= 4 is 40.2 Å². The van der Waals surface area contributed by atoms with Crippen LogP contribution in [-0.4, -0.2) is 13.1 Å². The first-order chi connectivity index (χ1) is 6.56. The monoisotopic (exact) mass is 328 g/mol. The van der Waals surface area contributed by atoms with E-state index in [9.17, 15) is 9.18 Å². The number of carbonyl (C=O) groups excluding carboxylic acids is 1. The van der Waals surface area contributed by atoms with Gasteiger partial charge in [-0.1, -0.05) is 17.7 Å². The predicted molar refractivity (Wildman–Crippen MR) is 59.8 cm³/mol. The van der Waals surface area contributed by atoms with Gasteiger partial charge < -0.3 is 4.74 Å². The summed E-state index contributed by atoms with van der Waals surface area (Å²) < 4.78 is 18.2. The summed E-state index contributed by atoms with van der Waals surface area (Å²) in [5, 5.41) is 0.344. The lowest BCUT2D eigenvalue weighted by Crippen LogP contribution is -2.07. The van der Waals surface area contributed by atoms with Crippen LogP contribution >= 0.6 is 34.2 Å². The van der Waals surface area contributed by atoms with E-state index in [0.29, 0.717) is 14.2 Å². The zero-order valence-electron chi connectivity index (χ0n) is 7.31. The van der Waals surface area contributed by atoms with E-state index in [0.717, 1.165) is 0 Å². The zero-order chi connectivity index (χ0) is 10.7. The van der Waals surface area contributed by atoms with Gasteiger partial charge in [0, 0.05) is 5.56 Å². The van der Waals surface area contributed by atoms with Crippen LogP contribution in [0.3, 0.4) is 0 Å². The molecule has 0 aromatic heterocycles. The highest BCUT2D eigenvalue weighted by Gasteiger charge is 2.12. The van der Waals surface area contributed by atoms with Gasteiger partial charge in [0.15, 0.2) is 0 Å². The molecule has 5 heteroatoms. The Bertz CT molecular complexity index is 368. The second-order valence-corrected chi connectivity index (χ2v) is 4.07. The van der Waals surface area contributed by atoms with Crippen molar-refractivity contribution in [3.05, 3.63) is 32.1 Å². The van der Waals surface area contributed by atoms with Crippen molar-refractivity contribution in [1.29, 1.82) is 0 Å². The Morgan fingerprint density at radius 1 is 1.64 bits per heavy atom. The standard InChI is InChI=1S/C9H7ClFIO2/c1-14-7(13)4-5-2-3-6(10)9(12)8(5)11/h2-3H,4H2,1H3. The van der Waals surface area contributed by atoms with E-state index in [4.69, 9.17) is 11.6 Å². The minimum absolute atomic E-state index is 0.0739. The van der Waals surface area contributed by atoms with E-state index < -0.39 is 11.8 Å². The molecule has 2 nitrogen and oxygen atoms in total. The maximum absolute atomic E-state index is 13.5. The lowest BCUT2D eigenvalue weighted by atomic mass is 10.1. The number of carbonyl (C=O) groups is 1. The third-order valence-corrected chi connectivity index (χ3v) is 3.37. The first-order valence-corrected chi connectivity index (χ1v) is 5.21. The van der Waals surface area contributed by atoms with Crippen molar-refractivity contribution < 1.29 is 13.9 Å². The van der Waals surface area contributed by atoms with Crippen molar-refractivity contribution in [3.63, 3.8) is 0 Å². The molecule has 0 saturated carbocycles. The van der Waals surface area contributed by atoms with Crippen LogP contribution in [0.1, 0.15) is 5.56 Å². The molecule has 0 aliphatic heterocycles. The van der Waals surface area contributed by atoms with Gasteiger partial charge in [-0.25, -0.2) is 4.39 Å². The van der Waals surface area contributed by atoms with Crippen LogP contribution in [0.15, 0.2) is 12.1 Å². The lowest BCUT2D eigenvalue weighted by molar-refractivity contribution is -0.139. The van der Waals surface area contributed by atoms with Crippen LogP contribution < -0.4 is 0 Å². The molecular weight excluding hydrogens is 321 g/mol. The number of hydrogen-bond donors (Lipinski definition) is 0. The van der Waals surface area contributed by atoms with Crippen LogP contribution in [-0.2, 0) is 16.0 Å². The summed E-state index contributed by atoms with van der Waals surface area (Å²) in [6.07, 6.45) is -0.0739. The van der Waals surface area contributed by atoms with E-state index in [-0.39, 0.29) is 6.42 Å². The number of esters is 1. The van der Waals surface area contributed by atoms with Gasteiger partial charge in [-0.15, -0.1) is 0 Å². The van der Waals surface area contributed by atoms with E-state index in [1.54, 1.807) is 28.7 Å². The quantitative estimate of drug-likeness (QED) is 0.474. The SMILES string of the molecule is COC(=O)Cc1ccc(Cl)c(I)c1F. The highest BCUT2D eigenvalue weighted by Crippen LogP contribution is 2.24. The molecule has 76 valence electrons. The highest BCUT2D eigenvalue weighted by atomic mass is 127. The number of methoxy groups -OCH3 is 1. The van der Waals surface area contributed by atoms with Crippen molar-refractivity contribution in [2.45, 2.75) is 6.42 Å². The van der Waals surface area contributed by atoms with Crippen LogP contribution in [0.5, 0.6) is 0 Å². The fraction of sp³-hybridized carbons (Fsp3) is 0.222. The van der Waals surface area contributed by atoms with Crippen LogP contribution in [0.25, 0.3) is 0 Å². The van der Waals surface area contributed by atoms with Crippen LogP contribution in [0.4, 0.5) is 4.39 Å². The number of halogens is 3. The maximum Gasteiger partial charge on any atom is 0.310 e. The molecule has 0 spiro atoms. The van der Waals surface area contributed by atoms with Crippen molar-refractivity contribution in [3.8, 4) is 0 Å². The molecule has 1 aromatic carbocycles. The number of rotatable bonds is 2. The second-order valence-electron chi connectivity index (χ2n) is 2.59. The molecule has 0 aliphatic carbocycles. The molecule has 1 aromatic rings. The van der Waals surface area contributed by atoms with Gasteiger partial charge in [0.25, 0.3) is 0 Å². The predicted octanol–water partition coefficient (Wildman–Crippen LogP) is 2.80. The van der Waals surface area contributed by atoms with Crippen molar-refractivity contribution in [2.24, 2.45) is 0 Å². The van der Waals surface area contributed by atoms with Crippen LogP contribution in [0.2, 0.25) is 5.02 Å². The highest BCUT2D eigenvalue weighted by molar-refractivity contribution is 14.1. The molecule has 0 unspecified atom stereocenters. The van der Waals surface area contributed by atoms with Gasteiger partial charge in [-0.3, -0.25) is 4.79 Å². The summed E-state index contributed by atoms with van der Waals surface area (Å²) in [4.78, 5) is 10.9. The van der Waals surface area contributed by atoms with E-state index in [1.807, 2.05) is 0 Å². The molecule has 0 bridgehead atoms. The Balaban J connectivity index is 3.00. The Labute approximate surface area is 99.5 Å². The normalized spacial score (nSPS) is 10.0. The number of hydrogen-bond acceptors (Lipinski definition) is 2. The molecular formula is C9H7ClFIO2. The lowest BCUT2D eigenvalue weighted by Gasteiger charge is -2.04. The maximum atomic E-state index is 13.5. The summed E-state index contributed by atoms with van der Waals surface area (Å²) in [7, 11) is 1.27. The number of ether oxygens (including phenoxy) is 1. The zero-order valence-corrected chi connectivity index (χ0v) is 10.2. The first-order valence-electron chi connectivity index (χ1n) is 3.75. The topological polar surface area (TPSA) is 26.3 Å². The summed E-state index contributed by atoms with van der Waals surface area (Å²) in [6, 6.07) is 3.04. The third kappa shape index (κ3) is 2.57. The molecule has 1 rings (SSSR count). The summed E-state index contributed by atoms with van der Waals surface area (Å²) in [5.41, 5.74) is 0.297. The average molecular weight is 329 g/mol. The van der Waals surface area contributed by atoms with Gasteiger partial charge in [0.1, 0.15) is 5.82 Å². The van der Waals surface area contributed by atoms with Gasteiger partial charge >= 0.3 is 5.97 Å². The largest absolute Gasteiger partial charge is 0.469 e. The van der Waals surface area contributed by atoms with Gasteiger partial charge in [0.05, 0.1) is 22.1 Å². The molecule has 0 heterocycles. The molecule has 0 radical (unpaired) electrons. The third-order valence-electron chi connectivity index (χ3n) is 1.68. The van der Waals surface area contributed by atoms with Crippen LogP contribution in [0, 0.1) is 9.39 Å². The van der Waals surface area contributed by atoms with Gasteiger partial charge in [-0.05, 0) is 28.7 Å². The minimum atomic E-state index is -0.470.